The van der Waals surface area contributed by atoms with Crippen molar-refractivity contribution in [1.29, 1.82) is 0 Å². The van der Waals surface area contributed by atoms with Crippen LogP contribution in [0.4, 0.5) is 0 Å². The molecule has 2 unspecified atom stereocenters. The van der Waals surface area contributed by atoms with Crippen LogP contribution in [-0.4, -0.2) is 79.2 Å². The van der Waals surface area contributed by atoms with Crippen molar-refractivity contribution in [3.63, 3.8) is 0 Å². The molecule has 1 aromatic rings. The largest absolute Gasteiger partial charge is 0.457 e. The van der Waals surface area contributed by atoms with Gasteiger partial charge in [-0.15, -0.1) is 0 Å². The van der Waals surface area contributed by atoms with Gasteiger partial charge in [0, 0.05) is 5.56 Å². The van der Waals surface area contributed by atoms with Crippen molar-refractivity contribution in [2.75, 3.05) is 32.8 Å². The summed E-state index contributed by atoms with van der Waals surface area (Å²) >= 11 is 0. The lowest BCUT2D eigenvalue weighted by molar-refractivity contribution is -0.151. The number of ether oxygens (including phenoxy) is 4. The lowest BCUT2D eigenvalue weighted by Crippen LogP contribution is -2.34. The molecule has 2 heterocycles. The number of aliphatic hydroxyl groups is 1. The molecule has 1 N–H and O–H groups in total. The van der Waals surface area contributed by atoms with E-state index in [0.717, 1.165) is 25.9 Å². The minimum Gasteiger partial charge on any atom is -0.457 e. The summed E-state index contributed by atoms with van der Waals surface area (Å²) in [5.74, 6) is -0.820. The molecule has 3 rings (SSSR count). The Balaban J connectivity index is 1.73. The van der Waals surface area contributed by atoms with E-state index in [4.69, 9.17) is 18.9 Å². The molecule has 178 valence electrons. The van der Waals surface area contributed by atoms with E-state index in [9.17, 15) is 14.7 Å². The molecule has 32 heavy (non-hydrogen) atoms. The molecule has 0 saturated carbocycles. The number of carbonyl (C=O) groups is 2. The number of carbonyl (C=O) groups excluding carboxylic acids is 2. The highest BCUT2D eigenvalue weighted by atomic mass is 16.6. The summed E-state index contributed by atoms with van der Waals surface area (Å²) in [6.07, 6.45) is -0.338. The van der Waals surface area contributed by atoms with Crippen molar-refractivity contribution in [2.45, 2.75) is 70.6 Å². The van der Waals surface area contributed by atoms with E-state index in [1.54, 1.807) is 12.1 Å². The molecule has 0 bridgehead atoms. The van der Waals surface area contributed by atoms with Gasteiger partial charge in [0.05, 0.1) is 25.3 Å². The molecule has 0 spiro atoms. The zero-order chi connectivity index (χ0) is 23.1. The Bertz CT molecular complexity index is 766. The first kappa shape index (κ1) is 24.6. The number of esters is 2. The molecule has 2 aliphatic rings. The van der Waals surface area contributed by atoms with E-state index in [0.29, 0.717) is 17.5 Å². The molecule has 0 aromatic heterocycles. The highest BCUT2D eigenvalue weighted by molar-refractivity contribution is 5.91. The average Bonchev–Trinajstić information content (AvgIpc) is 3.37. The van der Waals surface area contributed by atoms with Crippen LogP contribution < -0.4 is 0 Å². The van der Waals surface area contributed by atoms with E-state index in [1.807, 2.05) is 30.9 Å². The van der Waals surface area contributed by atoms with Gasteiger partial charge in [-0.2, -0.15) is 0 Å². The topological polar surface area (TPSA) is 94.5 Å². The Labute approximate surface area is 189 Å². The van der Waals surface area contributed by atoms with E-state index in [-0.39, 0.29) is 25.7 Å². The number of rotatable bonds is 11. The Hall–Kier alpha value is -2.00. The third-order valence-corrected chi connectivity index (χ3v) is 6.11. The van der Waals surface area contributed by atoms with Gasteiger partial charge in [-0.25, -0.2) is 4.79 Å². The number of fused-ring (bicyclic) bond motifs is 1. The molecular weight excluding hydrogens is 414 g/mol. The van der Waals surface area contributed by atoms with Crippen LogP contribution in [0.3, 0.4) is 0 Å². The van der Waals surface area contributed by atoms with E-state index in [2.05, 4.69) is 6.92 Å². The van der Waals surface area contributed by atoms with Crippen LogP contribution in [0, 0.1) is 0 Å². The number of hydrogen-bond acceptors (Lipinski definition) is 8. The second kappa shape index (κ2) is 11.7. The van der Waals surface area contributed by atoms with Crippen molar-refractivity contribution in [2.24, 2.45) is 0 Å². The van der Waals surface area contributed by atoms with Crippen molar-refractivity contribution >= 4 is 11.9 Å². The fraction of sp³-hybridized carbons (Fsp3) is 0.667. The van der Waals surface area contributed by atoms with Crippen molar-refractivity contribution in [1.82, 2.24) is 4.90 Å². The summed E-state index contributed by atoms with van der Waals surface area (Å²) in [6.45, 7) is 8.15. The molecule has 2 aliphatic heterocycles. The molecule has 8 heteroatoms. The van der Waals surface area contributed by atoms with Crippen LogP contribution in [0.1, 0.15) is 62.1 Å². The van der Waals surface area contributed by atoms with Crippen LogP contribution in [0.25, 0.3) is 0 Å². The van der Waals surface area contributed by atoms with Crippen LogP contribution in [0.5, 0.6) is 0 Å². The maximum absolute atomic E-state index is 13.1. The second-order valence-electron chi connectivity index (χ2n) is 8.28. The quantitative estimate of drug-likeness (QED) is 0.515. The van der Waals surface area contributed by atoms with E-state index < -0.39 is 36.5 Å². The number of hydrogen-bond donors (Lipinski definition) is 1. The maximum atomic E-state index is 13.1. The van der Waals surface area contributed by atoms with Crippen LogP contribution in [-0.2, 0) is 23.7 Å². The van der Waals surface area contributed by atoms with Crippen molar-refractivity contribution in [3.05, 3.63) is 35.4 Å². The van der Waals surface area contributed by atoms with Gasteiger partial charge in [-0.3, -0.25) is 9.69 Å². The lowest BCUT2D eigenvalue weighted by Gasteiger charge is -2.24. The fourth-order valence-electron chi connectivity index (χ4n) is 4.20. The molecule has 2 saturated heterocycles. The number of likely N-dealkylation sites (N-methyl/N-ethyl adjacent to an activating group) is 1. The van der Waals surface area contributed by atoms with Gasteiger partial charge in [0.25, 0.3) is 0 Å². The highest BCUT2D eigenvalue weighted by Gasteiger charge is 2.49. The Morgan fingerprint density at radius 1 is 1.12 bits per heavy atom. The average molecular weight is 450 g/mol. The van der Waals surface area contributed by atoms with Gasteiger partial charge >= 0.3 is 11.9 Å². The van der Waals surface area contributed by atoms with Crippen LogP contribution >= 0.6 is 0 Å². The predicted molar refractivity (Wildman–Crippen MR) is 117 cm³/mol. The summed E-state index contributed by atoms with van der Waals surface area (Å²) in [5.41, 5.74) is 1.01. The van der Waals surface area contributed by atoms with Gasteiger partial charge in [-0.1, -0.05) is 45.4 Å². The fourth-order valence-corrected chi connectivity index (χ4v) is 4.20. The smallest absolute Gasteiger partial charge is 0.339 e. The van der Waals surface area contributed by atoms with Crippen LogP contribution in [0.2, 0.25) is 0 Å². The van der Waals surface area contributed by atoms with Gasteiger partial charge < -0.3 is 24.1 Å². The lowest BCUT2D eigenvalue weighted by atomic mass is 9.98. The van der Waals surface area contributed by atoms with E-state index >= 15 is 0 Å². The Morgan fingerprint density at radius 3 is 2.56 bits per heavy atom. The highest BCUT2D eigenvalue weighted by Crippen LogP contribution is 2.31. The predicted octanol–water partition coefficient (Wildman–Crippen LogP) is 2.49. The molecular formula is C24H35NO7. The maximum Gasteiger partial charge on any atom is 0.339 e. The van der Waals surface area contributed by atoms with E-state index in [1.165, 1.54) is 0 Å². The molecule has 0 radical (unpaired) electrons. The number of aliphatic hydroxyl groups excluding tert-OH is 1. The standard InChI is InChI=1S/C24H35NO7/c1-4-7-12-19(31-21(27)13-25(5-2)6-3)16-10-8-9-11-17(16)24(28)32-20-15-30-22-18(26)14-29-23(20)22/h8-11,18-20,22-23,26H,4-7,12-15H2,1-3H3/t18-,19?,20?,22-,23-/m1/s1. The summed E-state index contributed by atoms with van der Waals surface area (Å²) in [7, 11) is 0. The molecule has 0 aliphatic carbocycles. The molecule has 5 atom stereocenters. The van der Waals surface area contributed by atoms with Crippen molar-refractivity contribution in [3.8, 4) is 0 Å². The number of nitrogens with zero attached hydrogens (tertiary/aromatic N) is 1. The zero-order valence-corrected chi connectivity index (χ0v) is 19.2. The SMILES string of the molecule is CCCCC(OC(=O)CN(CC)CC)c1ccccc1C(=O)OC1CO[C@@H]2[C@H](O)CO[C@H]12. The summed E-state index contributed by atoms with van der Waals surface area (Å²) in [6, 6.07) is 7.09. The van der Waals surface area contributed by atoms with Gasteiger partial charge in [-0.05, 0) is 32.0 Å². The monoisotopic (exact) mass is 449 g/mol. The van der Waals surface area contributed by atoms with Gasteiger partial charge in [0.1, 0.15) is 24.4 Å². The summed E-state index contributed by atoms with van der Waals surface area (Å²) in [4.78, 5) is 27.7. The van der Waals surface area contributed by atoms with Crippen molar-refractivity contribution < 1.29 is 33.6 Å². The first-order valence-electron chi connectivity index (χ1n) is 11.6. The molecule has 1 aromatic carbocycles. The zero-order valence-electron chi connectivity index (χ0n) is 19.2. The van der Waals surface area contributed by atoms with Gasteiger partial charge in [0.2, 0.25) is 0 Å². The number of unbranched alkanes of at least 4 members (excludes halogenated alkanes) is 1. The molecule has 0 amide bonds. The normalized spacial score (nSPS) is 25.5. The summed E-state index contributed by atoms with van der Waals surface area (Å²) in [5, 5.41) is 9.91. The minimum atomic E-state index is -0.709. The first-order chi connectivity index (χ1) is 15.5. The second-order valence-corrected chi connectivity index (χ2v) is 8.28. The number of benzene rings is 1. The Morgan fingerprint density at radius 2 is 1.84 bits per heavy atom. The molecule has 8 nitrogen and oxygen atoms in total. The third kappa shape index (κ3) is 5.86. The van der Waals surface area contributed by atoms with Crippen LogP contribution in [0.15, 0.2) is 24.3 Å². The first-order valence-corrected chi connectivity index (χ1v) is 11.6. The molecule has 2 fully saturated rings. The Kier molecular flexibility index (Phi) is 9.04. The van der Waals surface area contributed by atoms with Gasteiger partial charge in [0.15, 0.2) is 6.10 Å². The minimum absolute atomic E-state index is 0.168. The summed E-state index contributed by atoms with van der Waals surface area (Å²) < 4.78 is 22.7. The third-order valence-electron chi connectivity index (χ3n) is 6.11.